The Morgan fingerprint density at radius 3 is 2.50 bits per heavy atom. The van der Waals surface area contributed by atoms with Crippen LogP contribution in [-0.4, -0.2) is 75.2 Å². The van der Waals surface area contributed by atoms with Crippen LogP contribution in [0.2, 0.25) is 0 Å². The second-order valence-electron chi connectivity index (χ2n) is 8.22. The SMILES string of the molecule is CCNC(=NCC1(CC)CCC1)NCCS(=O)(=O)N1CCN(c2ccccn2)CC1. The first-order chi connectivity index (χ1) is 14.5. The summed E-state index contributed by atoms with van der Waals surface area (Å²) in [6.07, 6.45) is 6.69. The van der Waals surface area contributed by atoms with E-state index in [1.165, 1.54) is 19.3 Å². The Morgan fingerprint density at radius 2 is 1.93 bits per heavy atom. The summed E-state index contributed by atoms with van der Waals surface area (Å²) >= 11 is 0. The number of rotatable bonds is 9. The molecule has 0 amide bonds. The summed E-state index contributed by atoms with van der Waals surface area (Å²) in [6, 6.07) is 5.80. The molecular formula is C21H36N6O2S. The fraction of sp³-hybridized carbons (Fsp3) is 0.714. The van der Waals surface area contributed by atoms with E-state index in [0.717, 1.165) is 25.3 Å². The van der Waals surface area contributed by atoms with Gasteiger partial charge < -0.3 is 15.5 Å². The summed E-state index contributed by atoms with van der Waals surface area (Å²) in [5, 5.41) is 6.44. The Bertz CT molecular complexity index is 781. The van der Waals surface area contributed by atoms with Gasteiger partial charge in [-0.3, -0.25) is 4.99 Å². The molecule has 1 aromatic heterocycles. The predicted molar refractivity (Wildman–Crippen MR) is 122 cm³/mol. The van der Waals surface area contributed by atoms with Crippen LogP contribution in [0.15, 0.2) is 29.4 Å². The van der Waals surface area contributed by atoms with Gasteiger partial charge in [-0.2, -0.15) is 4.31 Å². The van der Waals surface area contributed by atoms with Gasteiger partial charge in [0.2, 0.25) is 10.0 Å². The lowest BCUT2D eigenvalue weighted by atomic mass is 9.67. The van der Waals surface area contributed by atoms with Gasteiger partial charge in [-0.1, -0.05) is 19.4 Å². The first-order valence-electron chi connectivity index (χ1n) is 11.1. The molecule has 9 heteroatoms. The van der Waals surface area contributed by atoms with Crippen molar-refractivity contribution in [3.63, 3.8) is 0 Å². The van der Waals surface area contributed by atoms with Crippen molar-refractivity contribution in [1.29, 1.82) is 0 Å². The van der Waals surface area contributed by atoms with Crippen LogP contribution in [0.3, 0.4) is 0 Å². The maximum absolute atomic E-state index is 12.8. The molecule has 30 heavy (non-hydrogen) atoms. The van der Waals surface area contributed by atoms with E-state index in [2.05, 4.69) is 27.4 Å². The molecule has 0 bridgehead atoms. The standard InChI is InChI=1S/C21H36N6O2S/c1-3-21(9-7-10-21)18-25-20(22-4-2)24-12-17-30(28,29)27-15-13-26(14-16-27)19-8-5-6-11-23-19/h5-6,8,11H,3-4,7,9-10,12-18H2,1-2H3,(H2,22,24,25). The van der Waals surface area contributed by atoms with Crippen LogP contribution in [0.25, 0.3) is 0 Å². The maximum Gasteiger partial charge on any atom is 0.215 e. The quantitative estimate of drug-likeness (QED) is 0.452. The second kappa shape index (κ2) is 10.4. The molecule has 8 nitrogen and oxygen atoms in total. The van der Waals surface area contributed by atoms with Gasteiger partial charge >= 0.3 is 0 Å². The average Bonchev–Trinajstić information content (AvgIpc) is 2.74. The number of hydrogen-bond donors (Lipinski definition) is 2. The van der Waals surface area contributed by atoms with E-state index in [-0.39, 0.29) is 5.75 Å². The number of nitrogens with zero attached hydrogens (tertiary/aromatic N) is 4. The van der Waals surface area contributed by atoms with Gasteiger partial charge in [-0.05, 0) is 43.7 Å². The number of aliphatic imine (C=N–C) groups is 1. The molecule has 2 heterocycles. The summed E-state index contributed by atoms with van der Waals surface area (Å²) in [5.41, 5.74) is 0.349. The van der Waals surface area contributed by atoms with Crippen molar-refractivity contribution in [2.75, 3.05) is 56.5 Å². The minimum Gasteiger partial charge on any atom is -0.357 e. The molecule has 1 saturated heterocycles. The van der Waals surface area contributed by atoms with Crippen molar-refractivity contribution in [2.45, 2.75) is 39.5 Å². The van der Waals surface area contributed by atoms with Gasteiger partial charge in [0, 0.05) is 52.0 Å². The lowest BCUT2D eigenvalue weighted by molar-refractivity contribution is 0.139. The molecule has 1 aromatic rings. The molecule has 2 aliphatic rings. The Hall–Kier alpha value is -1.87. The summed E-state index contributed by atoms with van der Waals surface area (Å²) in [6.45, 7) is 8.48. The number of piperazine rings is 1. The van der Waals surface area contributed by atoms with Gasteiger partial charge in [0.05, 0.1) is 5.75 Å². The summed E-state index contributed by atoms with van der Waals surface area (Å²) in [7, 11) is -3.30. The minimum absolute atomic E-state index is 0.0694. The van der Waals surface area contributed by atoms with Crippen molar-refractivity contribution in [3.8, 4) is 0 Å². The van der Waals surface area contributed by atoms with E-state index in [1.54, 1.807) is 10.5 Å². The van der Waals surface area contributed by atoms with E-state index < -0.39 is 10.0 Å². The lowest BCUT2D eigenvalue weighted by Crippen LogP contribution is -2.50. The van der Waals surface area contributed by atoms with Gasteiger partial charge in [-0.25, -0.2) is 13.4 Å². The third-order valence-electron chi connectivity index (χ3n) is 6.34. The fourth-order valence-corrected chi connectivity index (χ4v) is 5.39. The maximum atomic E-state index is 12.8. The zero-order valence-corrected chi connectivity index (χ0v) is 19.1. The summed E-state index contributed by atoms with van der Waals surface area (Å²) in [5.74, 6) is 1.69. The van der Waals surface area contributed by atoms with E-state index in [4.69, 9.17) is 4.99 Å². The smallest absolute Gasteiger partial charge is 0.215 e. The fourth-order valence-electron chi connectivity index (χ4n) is 4.05. The highest BCUT2D eigenvalue weighted by Crippen LogP contribution is 2.43. The van der Waals surface area contributed by atoms with E-state index in [9.17, 15) is 8.42 Å². The van der Waals surface area contributed by atoms with Crippen molar-refractivity contribution in [3.05, 3.63) is 24.4 Å². The molecule has 0 unspecified atom stereocenters. The second-order valence-corrected chi connectivity index (χ2v) is 10.3. The lowest BCUT2D eigenvalue weighted by Gasteiger charge is -2.40. The van der Waals surface area contributed by atoms with Crippen LogP contribution < -0.4 is 15.5 Å². The van der Waals surface area contributed by atoms with Gasteiger partial charge in [0.25, 0.3) is 0 Å². The summed E-state index contributed by atoms with van der Waals surface area (Å²) in [4.78, 5) is 11.2. The van der Waals surface area contributed by atoms with Crippen LogP contribution >= 0.6 is 0 Å². The molecule has 1 saturated carbocycles. The molecule has 3 rings (SSSR count). The highest BCUT2D eigenvalue weighted by atomic mass is 32.2. The number of nitrogens with one attached hydrogen (secondary N) is 2. The highest BCUT2D eigenvalue weighted by Gasteiger charge is 2.34. The molecular weight excluding hydrogens is 400 g/mol. The van der Waals surface area contributed by atoms with Crippen LogP contribution in [-0.2, 0) is 10.0 Å². The van der Waals surface area contributed by atoms with Crippen LogP contribution in [0.5, 0.6) is 0 Å². The normalized spacial score (nSPS) is 19.9. The average molecular weight is 437 g/mol. The zero-order chi connectivity index (χ0) is 21.5. The van der Waals surface area contributed by atoms with E-state index in [1.807, 2.05) is 25.1 Å². The largest absolute Gasteiger partial charge is 0.357 e. The first kappa shape index (κ1) is 22.8. The van der Waals surface area contributed by atoms with Crippen molar-refractivity contribution in [2.24, 2.45) is 10.4 Å². The zero-order valence-electron chi connectivity index (χ0n) is 18.3. The Labute approximate surface area is 181 Å². The van der Waals surface area contributed by atoms with Crippen LogP contribution in [0.4, 0.5) is 5.82 Å². The first-order valence-corrected chi connectivity index (χ1v) is 12.7. The number of hydrogen-bond acceptors (Lipinski definition) is 5. The topological polar surface area (TPSA) is 89.9 Å². The molecule has 0 spiro atoms. The molecule has 168 valence electrons. The number of anilines is 1. The minimum atomic E-state index is -3.30. The number of aromatic nitrogens is 1. The molecule has 1 aliphatic heterocycles. The Morgan fingerprint density at radius 1 is 1.17 bits per heavy atom. The third-order valence-corrected chi connectivity index (χ3v) is 8.21. The van der Waals surface area contributed by atoms with Crippen LogP contribution in [0, 0.1) is 5.41 Å². The highest BCUT2D eigenvalue weighted by molar-refractivity contribution is 7.89. The van der Waals surface area contributed by atoms with Gasteiger partial charge in [0.1, 0.15) is 5.82 Å². The Balaban J connectivity index is 1.46. The number of pyridine rings is 1. The molecule has 0 aromatic carbocycles. The molecule has 2 N–H and O–H groups in total. The predicted octanol–water partition coefficient (Wildman–Crippen LogP) is 1.67. The molecule has 0 atom stereocenters. The van der Waals surface area contributed by atoms with Crippen molar-refractivity contribution < 1.29 is 8.42 Å². The molecule has 2 fully saturated rings. The third kappa shape index (κ3) is 5.85. The van der Waals surface area contributed by atoms with E-state index in [0.29, 0.717) is 44.1 Å². The van der Waals surface area contributed by atoms with Crippen molar-refractivity contribution in [1.82, 2.24) is 19.9 Å². The number of guanidine groups is 1. The summed E-state index contributed by atoms with van der Waals surface area (Å²) < 4.78 is 27.2. The van der Waals surface area contributed by atoms with E-state index >= 15 is 0 Å². The van der Waals surface area contributed by atoms with Crippen LogP contribution in [0.1, 0.15) is 39.5 Å². The monoisotopic (exact) mass is 436 g/mol. The molecule has 1 aliphatic carbocycles. The van der Waals surface area contributed by atoms with Gasteiger partial charge in [-0.15, -0.1) is 0 Å². The van der Waals surface area contributed by atoms with Crippen molar-refractivity contribution >= 4 is 21.8 Å². The number of sulfonamides is 1. The Kier molecular flexibility index (Phi) is 7.93. The van der Waals surface area contributed by atoms with Gasteiger partial charge in [0.15, 0.2) is 5.96 Å². The molecule has 0 radical (unpaired) electrons.